The van der Waals surface area contributed by atoms with Crippen molar-refractivity contribution in [1.82, 2.24) is 9.78 Å². The van der Waals surface area contributed by atoms with Crippen molar-refractivity contribution in [2.24, 2.45) is 5.92 Å². The number of methoxy groups -OCH3 is 1. The van der Waals surface area contributed by atoms with Gasteiger partial charge in [-0.1, -0.05) is 23.5 Å². The molecule has 3 rings (SSSR count). The first-order chi connectivity index (χ1) is 13.1. The van der Waals surface area contributed by atoms with Crippen molar-refractivity contribution in [2.75, 3.05) is 32.1 Å². The van der Waals surface area contributed by atoms with Crippen LogP contribution in [-0.2, 0) is 16.2 Å². The number of nitrogens with zero attached hydrogens (tertiary/aromatic N) is 2. The van der Waals surface area contributed by atoms with E-state index >= 15 is 0 Å². The van der Waals surface area contributed by atoms with Crippen molar-refractivity contribution in [1.29, 1.82) is 0 Å². The fraction of sp³-hybridized carbons (Fsp3) is 0.500. The molecule has 27 heavy (non-hydrogen) atoms. The Balaban J connectivity index is 1.66. The number of likely N-dealkylation sites (tertiary alicyclic amines) is 1. The van der Waals surface area contributed by atoms with Gasteiger partial charge in [-0.15, -0.1) is 5.10 Å². The zero-order valence-corrected chi connectivity index (χ0v) is 17.2. The highest BCUT2D eigenvalue weighted by Crippen LogP contribution is 2.28. The number of nitrogens with one attached hydrogen (secondary N) is 2. The van der Waals surface area contributed by atoms with Gasteiger partial charge in [0.25, 0.3) is 0 Å². The standard InChI is InChI=1S/C18H24N4O3S2/c1-3-25-16(23)13-7-6-10-21(11-13)12-22-18(26)27-17(20-22)19-14-8-4-5-9-15(14)24-2/h4-5,8-9,13H,3,6-7,10-12H2,1-2H3,(H,19,20)/p+1/t13-/m1/s1. The second-order valence-corrected chi connectivity index (χ2v) is 8.07. The summed E-state index contributed by atoms with van der Waals surface area (Å²) in [5.74, 6) is 0.631. The zero-order chi connectivity index (χ0) is 19.2. The SMILES string of the molecule is CCOC(=O)[C@@H]1CCC[NH+](Cn2nc(Nc3ccccc3OC)sc2=S)C1. The molecule has 1 aromatic carbocycles. The minimum absolute atomic E-state index is 0.0346. The number of anilines is 2. The van der Waals surface area contributed by atoms with Crippen LogP contribution in [0.1, 0.15) is 19.8 Å². The lowest BCUT2D eigenvalue weighted by Crippen LogP contribution is -3.13. The van der Waals surface area contributed by atoms with Gasteiger partial charge in [-0.2, -0.15) is 4.68 Å². The third kappa shape index (κ3) is 5.06. The van der Waals surface area contributed by atoms with Crippen LogP contribution in [-0.4, -0.2) is 42.6 Å². The zero-order valence-electron chi connectivity index (χ0n) is 15.6. The van der Waals surface area contributed by atoms with Crippen LogP contribution < -0.4 is 15.0 Å². The maximum absolute atomic E-state index is 12.0. The van der Waals surface area contributed by atoms with E-state index in [4.69, 9.17) is 21.7 Å². The summed E-state index contributed by atoms with van der Waals surface area (Å²) in [5, 5.41) is 8.61. The maximum Gasteiger partial charge on any atom is 0.314 e. The van der Waals surface area contributed by atoms with Gasteiger partial charge in [0.05, 0.1) is 32.5 Å². The fourth-order valence-electron chi connectivity index (χ4n) is 3.29. The maximum atomic E-state index is 12.0. The molecule has 1 unspecified atom stereocenters. The molecule has 0 spiro atoms. The van der Waals surface area contributed by atoms with E-state index in [2.05, 4.69) is 10.4 Å². The van der Waals surface area contributed by atoms with E-state index in [1.165, 1.54) is 16.2 Å². The van der Waals surface area contributed by atoms with Crippen LogP contribution in [0.3, 0.4) is 0 Å². The Morgan fingerprint density at radius 1 is 1.48 bits per heavy atom. The van der Waals surface area contributed by atoms with Gasteiger partial charge in [-0.25, -0.2) is 0 Å². The van der Waals surface area contributed by atoms with E-state index < -0.39 is 0 Å². The van der Waals surface area contributed by atoms with Gasteiger partial charge in [0.1, 0.15) is 11.7 Å². The summed E-state index contributed by atoms with van der Waals surface area (Å²) < 4.78 is 13.1. The molecule has 1 saturated heterocycles. The molecule has 2 N–H and O–H groups in total. The van der Waals surface area contributed by atoms with Crippen LogP contribution >= 0.6 is 23.6 Å². The summed E-state index contributed by atoms with van der Waals surface area (Å²) in [7, 11) is 1.64. The molecule has 0 saturated carbocycles. The molecule has 1 fully saturated rings. The van der Waals surface area contributed by atoms with E-state index in [1.807, 2.05) is 35.9 Å². The first-order valence-electron chi connectivity index (χ1n) is 9.09. The molecule has 0 amide bonds. The number of benzene rings is 1. The minimum atomic E-state index is -0.0879. The van der Waals surface area contributed by atoms with Crippen LogP contribution in [0, 0.1) is 9.87 Å². The summed E-state index contributed by atoms with van der Waals surface area (Å²) in [6.45, 7) is 4.69. The van der Waals surface area contributed by atoms with Crippen molar-refractivity contribution in [3.63, 3.8) is 0 Å². The first kappa shape index (κ1) is 19.8. The van der Waals surface area contributed by atoms with Crippen LogP contribution in [0.15, 0.2) is 24.3 Å². The van der Waals surface area contributed by atoms with Crippen molar-refractivity contribution < 1.29 is 19.2 Å². The minimum Gasteiger partial charge on any atom is -0.495 e. The number of esters is 1. The Hall–Kier alpha value is -1.97. The molecule has 1 aromatic heterocycles. The molecule has 2 heterocycles. The molecule has 0 bridgehead atoms. The Morgan fingerprint density at radius 3 is 3.07 bits per heavy atom. The van der Waals surface area contributed by atoms with Crippen molar-refractivity contribution >= 4 is 40.3 Å². The van der Waals surface area contributed by atoms with E-state index in [-0.39, 0.29) is 11.9 Å². The Morgan fingerprint density at radius 2 is 2.30 bits per heavy atom. The Labute approximate surface area is 167 Å². The van der Waals surface area contributed by atoms with Crippen LogP contribution in [0.5, 0.6) is 5.75 Å². The molecule has 1 aliphatic heterocycles. The monoisotopic (exact) mass is 409 g/mol. The number of carbonyl (C=O) groups is 1. The first-order valence-corrected chi connectivity index (χ1v) is 10.3. The van der Waals surface area contributed by atoms with Crippen LogP contribution in [0.2, 0.25) is 0 Å². The predicted octanol–water partition coefficient (Wildman–Crippen LogP) is 2.24. The molecule has 0 radical (unpaired) electrons. The number of para-hydroxylation sites is 2. The van der Waals surface area contributed by atoms with Crippen LogP contribution in [0.25, 0.3) is 0 Å². The quantitative estimate of drug-likeness (QED) is 0.540. The highest BCUT2D eigenvalue weighted by molar-refractivity contribution is 7.73. The van der Waals surface area contributed by atoms with E-state index in [0.29, 0.717) is 17.2 Å². The summed E-state index contributed by atoms with van der Waals surface area (Å²) in [4.78, 5) is 13.3. The van der Waals surface area contributed by atoms with Gasteiger partial charge in [0.2, 0.25) is 5.13 Å². The summed E-state index contributed by atoms with van der Waals surface area (Å²) in [6, 6.07) is 7.69. The second-order valence-electron chi connectivity index (χ2n) is 6.45. The van der Waals surface area contributed by atoms with Gasteiger partial charge < -0.3 is 19.7 Å². The molecule has 146 valence electrons. The molecular formula is C18H25N4O3S2+. The van der Waals surface area contributed by atoms with Crippen molar-refractivity contribution in [3.05, 3.63) is 28.2 Å². The topological polar surface area (TPSA) is 69.8 Å². The highest BCUT2D eigenvalue weighted by atomic mass is 32.1. The second kappa shape index (κ2) is 9.29. The molecule has 7 nitrogen and oxygen atoms in total. The molecule has 9 heteroatoms. The Bertz CT molecular complexity index is 836. The van der Waals surface area contributed by atoms with Crippen molar-refractivity contribution in [2.45, 2.75) is 26.4 Å². The lowest BCUT2D eigenvalue weighted by Gasteiger charge is -2.28. The summed E-state index contributed by atoms with van der Waals surface area (Å²) >= 11 is 6.91. The lowest BCUT2D eigenvalue weighted by molar-refractivity contribution is -0.930. The number of carbonyl (C=O) groups excluding carboxylic acids is 1. The van der Waals surface area contributed by atoms with E-state index in [1.54, 1.807) is 7.11 Å². The van der Waals surface area contributed by atoms with E-state index in [0.717, 1.165) is 42.5 Å². The van der Waals surface area contributed by atoms with E-state index in [9.17, 15) is 4.79 Å². The van der Waals surface area contributed by atoms with Gasteiger partial charge in [-0.05, 0) is 44.1 Å². The molecule has 1 aliphatic rings. The predicted molar refractivity (Wildman–Crippen MR) is 107 cm³/mol. The number of hydrogen-bond donors (Lipinski definition) is 2. The lowest BCUT2D eigenvalue weighted by atomic mass is 9.99. The van der Waals surface area contributed by atoms with Gasteiger partial charge >= 0.3 is 5.97 Å². The summed E-state index contributed by atoms with van der Waals surface area (Å²) in [5.41, 5.74) is 0.851. The number of hydrogen-bond acceptors (Lipinski definition) is 7. The normalized spacial score (nSPS) is 19.5. The highest BCUT2D eigenvalue weighted by Gasteiger charge is 2.30. The molecular weight excluding hydrogens is 384 g/mol. The molecule has 2 atom stereocenters. The fourth-order valence-corrected chi connectivity index (χ4v) is 4.31. The third-order valence-electron chi connectivity index (χ3n) is 4.57. The number of piperidine rings is 1. The molecule has 2 aromatic rings. The van der Waals surface area contributed by atoms with Crippen LogP contribution in [0.4, 0.5) is 10.8 Å². The summed E-state index contributed by atoms with van der Waals surface area (Å²) in [6.07, 6.45) is 1.90. The van der Waals surface area contributed by atoms with Gasteiger partial charge in [0.15, 0.2) is 10.6 Å². The number of aromatic nitrogens is 2. The van der Waals surface area contributed by atoms with Crippen molar-refractivity contribution in [3.8, 4) is 5.75 Å². The number of rotatable bonds is 7. The largest absolute Gasteiger partial charge is 0.495 e. The Kier molecular flexibility index (Phi) is 6.81. The van der Waals surface area contributed by atoms with Gasteiger partial charge in [0, 0.05) is 0 Å². The average Bonchev–Trinajstić information content (AvgIpc) is 3.01. The van der Waals surface area contributed by atoms with Gasteiger partial charge in [-0.3, -0.25) is 4.79 Å². The smallest absolute Gasteiger partial charge is 0.314 e. The third-order valence-corrected chi connectivity index (χ3v) is 5.79. The molecule has 0 aliphatic carbocycles. The number of quaternary nitrogens is 1. The average molecular weight is 410 g/mol. The number of ether oxygens (including phenoxy) is 2.